The highest BCUT2D eigenvalue weighted by atomic mass is 32.3. The zero-order valence-electron chi connectivity index (χ0n) is 40.2. The summed E-state index contributed by atoms with van der Waals surface area (Å²) >= 11 is 0. The van der Waals surface area contributed by atoms with E-state index < -0.39 is 59.8 Å². The molecule has 4 N–H and O–H groups in total. The third-order valence-electron chi connectivity index (χ3n) is 10.4. The number of allylic oxidation sites excluding steroid dienone is 18. The summed E-state index contributed by atoms with van der Waals surface area (Å²) in [6, 6.07) is 0. The normalized spacial score (nSPS) is 20.5. The minimum atomic E-state index is -5.08. The molecule has 1 rings (SSSR count). The summed E-state index contributed by atoms with van der Waals surface area (Å²) in [4.78, 5) is 12.8. The standard InChI is InChI=1S/C53H86O12S/c1-3-5-7-9-11-13-15-17-18-19-20-21-22-23-24-25-26-27-28-29-31-33-35-37-39-41-43-61-45-47(46-62-53-51(57)52(65-66(58,59)60)50(56)48(44-54)64-53)63-49(55)42-40-38-36-34-32-30-16-14-12-10-8-6-4-2/h5-8,11-14,17-18,20-21,23-24,30,32,36,38,47-48,50-54,56-57H,3-4,9-10,15-16,19,22,25-29,31,33-35,37,39-46H2,1-2H3,(H,58,59,60)/b7-5-,8-6-,13-11-,14-12-,18-17-,21-20-,24-23-,32-30-,38-36-. The molecule has 0 spiro atoms. The number of aliphatic hydroxyl groups is 3. The van der Waals surface area contributed by atoms with Crippen molar-refractivity contribution in [2.75, 3.05) is 26.4 Å². The molecule has 66 heavy (non-hydrogen) atoms. The Morgan fingerprint density at radius 1 is 0.576 bits per heavy atom. The van der Waals surface area contributed by atoms with E-state index in [9.17, 15) is 33.1 Å². The molecular formula is C53H86O12S. The van der Waals surface area contributed by atoms with E-state index >= 15 is 0 Å². The molecule has 0 aromatic heterocycles. The Bertz CT molecular complexity index is 1560. The number of hydrogen-bond donors (Lipinski definition) is 4. The highest BCUT2D eigenvalue weighted by molar-refractivity contribution is 7.80. The minimum Gasteiger partial charge on any atom is -0.457 e. The monoisotopic (exact) mass is 947 g/mol. The fourth-order valence-corrected chi connectivity index (χ4v) is 7.28. The molecule has 0 radical (unpaired) electrons. The first kappa shape index (κ1) is 60.8. The van der Waals surface area contributed by atoms with Crippen molar-refractivity contribution in [2.45, 2.75) is 192 Å². The summed E-state index contributed by atoms with van der Waals surface area (Å²) in [5.74, 6) is -0.485. The van der Waals surface area contributed by atoms with Crippen molar-refractivity contribution in [3.05, 3.63) is 109 Å². The number of esters is 1. The number of carbonyl (C=O) groups excluding carboxylic acids is 1. The van der Waals surface area contributed by atoms with Crippen molar-refractivity contribution in [2.24, 2.45) is 0 Å². The van der Waals surface area contributed by atoms with Gasteiger partial charge in [0.05, 0.1) is 19.8 Å². The predicted octanol–water partition coefficient (Wildman–Crippen LogP) is 11.2. The number of rotatable bonds is 41. The number of ether oxygens (including phenoxy) is 4. The van der Waals surface area contributed by atoms with Crippen LogP contribution in [0.15, 0.2) is 109 Å². The first-order chi connectivity index (χ1) is 32.1. The van der Waals surface area contributed by atoms with Crippen LogP contribution in [-0.2, 0) is 38.3 Å². The first-order valence-electron chi connectivity index (χ1n) is 24.6. The van der Waals surface area contributed by atoms with Gasteiger partial charge in [0, 0.05) is 13.0 Å². The highest BCUT2D eigenvalue weighted by Gasteiger charge is 2.48. The maximum atomic E-state index is 12.8. The summed E-state index contributed by atoms with van der Waals surface area (Å²) in [5.41, 5.74) is 0. The molecule has 376 valence electrons. The molecule has 1 fully saturated rings. The van der Waals surface area contributed by atoms with E-state index in [1.165, 1.54) is 44.9 Å². The third kappa shape index (κ3) is 35.9. The summed E-state index contributed by atoms with van der Waals surface area (Å²) in [7, 11) is -5.08. The van der Waals surface area contributed by atoms with Gasteiger partial charge in [0.15, 0.2) is 6.29 Å². The van der Waals surface area contributed by atoms with Crippen LogP contribution < -0.4 is 0 Å². The van der Waals surface area contributed by atoms with Crippen LogP contribution in [0.3, 0.4) is 0 Å². The van der Waals surface area contributed by atoms with Crippen LogP contribution in [0.2, 0.25) is 0 Å². The SMILES string of the molecule is CC/C=C\C/C=C\C/C=C\C/C=C\C/C=C\CCCCCCCCCCCCOCC(COC1OC(CO)C(O)C(OS(=O)(=O)O)C1O)OC(=O)CC/C=C\C/C=C\C/C=C\C/C=C\CC. The van der Waals surface area contributed by atoms with Crippen LogP contribution in [0.25, 0.3) is 0 Å². The predicted molar refractivity (Wildman–Crippen MR) is 266 cm³/mol. The lowest BCUT2D eigenvalue weighted by Crippen LogP contribution is -2.60. The van der Waals surface area contributed by atoms with Crippen molar-refractivity contribution < 1.29 is 56.2 Å². The van der Waals surface area contributed by atoms with Gasteiger partial charge in [-0.05, 0) is 83.5 Å². The average Bonchev–Trinajstić information content (AvgIpc) is 3.29. The lowest BCUT2D eigenvalue weighted by molar-refractivity contribution is -0.301. The highest BCUT2D eigenvalue weighted by Crippen LogP contribution is 2.26. The number of hydrogen-bond acceptors (Lipinski definition) is 11. The molecule has 1 heterocycles. The Morgan fingerprint density at radius 3 is 1.45 bits per heavy atom. The molecule has 13 heteroatoms. The van der Waals surface area contributed by atoms with Gasteiger partial charge in [-0.25, -0.2) is 4.18 Å². The van der Waals surface area contributed by atoms with Gasteiger partial charge in [-0.15, -0.1) is 0 Å². The van der Waals surface area contributed by atoms with Gasteiger partial charge >= 0.3 is 16.4 Å². The van der Waals surface area contributed by atoms with Crippen molar-refractivity contribution in [3.63, 3.8) is 0 Å². The zero-order chi connectivity index (χ0) is 48.2. The Morgan fingerprint density at radius 2 is 1.00 bits per heavy atom. The van der Waals surface area contributed by atoms with Crippen molar-refractivity contribution in [1.29, 1.82) is 0 Å². The number of aliphatic hydroxyl groups excluding tert-OH is 3. The molecule has 0 saturated carbocycles. The molecule has 1 aliphatic heterocycles. The maximum Gasteiger partial charge on any atom is 0.397 e. The van der Waals surface area contributed by atoms with Crippen molar-refractivity contribution in [1.82, 2.24) is 0 Å². The lowest BCUT2D eigenvalue weighted by Gasteiger charge is -2.41. The minimum absolute atomic E-state index is 0.00337. The van der Waals surface area contributed by atoms with E-state index in [1.807, 2.05) is 12.2 Å². The third-order valence-corrected chi connectivity index (χ3v) is 10.9. The zero-order valence-corrected chi connectivity index (χ0v) is 41.0. The van der Waals surface area contributed by atoms with Crippen molar-refractivity contribution in [3.8, 4) is 0 Å². The molecule has 1 saturated heterocycles. The smallest absolute Gasteiger partial charge is 0.397 e. The molecule has 0 aromatic carbocycles. The van der Waals surface area contributed by atoms with Gasteiger partial charge in [0.1, 0.15) is 30.5 Å². The van der Waals surface area contributed by atoms with E-state index in [1.54, 1.807) is 0 Å². The molecule has 0 bridgehead atoms. The fraction of sp³-hybridized carbons (Fsp3) is 0.642. The molecule has 0 aromatic rings. The molecule has 0 aliphatic carbocycles. The van der Waals surface area contributed by atoms with Gasteiger partial charge in [0.2, 0.25) is 0 Å². The Balaban J connectivity index is 2.36. The summed E-state index contributed by atoms with van der Waals surface area (Å²) in [6.07, 6.45) is 51.5. The Hall–Kier alpha value is -3.24. The number of carbonyl (C=O) groups is 1. The summed E-state index contributed by atoms with van der Waals surface area (Å²) < 4.78 is 59.0. The van der Waals surface area contributed by atoms with E-state index in [0.29, 0.717) is 13.0 Å². The van der Waals surface area contributed by atoms with E-state index in [4.69, 9.17) is 18.9 Å². The quantitative estimate of drug-likeness (QED) is 0.0198. The second-order valence-electron chi connectivity index (χ2n) is 16.3. The Labute approximate surface area is 398 Å². The molecular weight excluding hydrogens is 861 g/mol. The summed E-state index contributed by atoms with van der Waals surface area (Å²) in [6.45, 7) is 3.63. The Kier molecular flexibility index (Phi) is 39.7. The number of unbranched alkanes of at least 4 members (excludes halogenated alkanes) is 10. The maximum absolute atomic E-state index is 12.8. The van der Waals surface area contributed by atoms with Crippen LogP contribution >= 0.6 is 0 Å². The van der Waals surface area contributed by atoms with Crippen LogP contribution in [0.4, 0.5) is 0 Å². The van der Waals surface area contributed by atoms with Gasteiger partial charge in [-0.3, -0.25) is 9.35 Å². The van der Waals surface area contributed by atoms with Gasteiger partial charge in [-0.1, -0.05) is 175 Å². The van der Waals surface area contributed by atoms with Gasteiger partial charge < -0.3 is 34.3 Å². The van der Waals surface area contributed by atoms with Crippen molar-refractivity contribution >= 4 is 16.4 Å². The molecule has 6 unspecified atom stereocenters. The average molecular weight is 947 g/mol. The molecule has 6 atom stereocenters. The fourth-order valence-electron chi connectivity index (χ4n) is 6.77. The van der Waals surface area contributed by atoms with Gasteiger partial charge in [-0.2, -0.15) is 8.42 Å². The first-order valence-corrected chi connectivity index (χ1v) is 26.0. The van der Waals surface area contributed by atoms with Crippen LogP contribution in [-0.4, -0.2) is 97.5 Å². The van der Waals surface area contributed by atoms with Gasteiger partial charge in [0.25, 0.3) is 0 Å². The van der Waals surface area contributed by atoms with Crippen LogP contribution in [0, 0.1) is 0 Å². The summed E-state index contributed by atoms with van der Waals surface area (Å²) in [5, 5.41) is 30.7. The van der Waals surface area contributed by atoms with Crippen LogP contribution in [0.5, 0.6) is 0 Å². The van der Waals surface area contributed by atoms with Crippen LogP contribution in [0.1, 0.15) is 155 Å². The molecule has 1 aliphatic rings. The lowest BCUT2D eigenvalue weighted by atomic mass is 9.99. The van der Waals surface area contributed by atoms with E-state index in [-0.39, 0.29) is 19.6 Å². The van der Waals surface area contributed by atoms with E-state index in [0.717, 1.165) is 83.5 Å². The van der Waals surface area contributed by atoms with E-state index in [2.05, 4.69) is 115 Å². The largest absolute Gasteiger partial charge is 0.457 e. The second-order valence-corrected chi connectivity index (χ2v) is 17.3. The molecule has 0 amide bonds. The molecule has 12 nitrogen and oxygen atoms in total. The second kappa shape index (κ2) is 43.1. The topological polar surface area (TPSA) is 178 Å².